The zero-order valence-corrected chi connectivity index (χ0v) is 17.8. The van der Waals surface area contributed by atoms with Crippen molar-refractivity contribution in [2.24, 2.45) is 0 Å². The molecule has 1 saturated heterocycles. The van der Waals surface area contributed by atoms with Gasteiger partial charge in [-0.05, 0) is 23.6 Å². The van der Waals surface area contributed by atoms with Gasteiger partial charge in [-0.1, -0.05) is 54.6 Å². The van der Waals surface area contributed by atoms with E-state index in [2.05, 4.69) is 58.9 Å². The predicted molar refractivity (Wildman–Crippen MR) is 119 cm³/mol. The van der Waals surface area contributed by atoms with E-state index in [4.69, 9.17) is 0 Å². The quantitative estimate of drug-likeness (QED) is 0.796. The molecular formula is C22H29Cl2N3O. The summed E-state index contributed by atoms with van der Waals surface area (Å²) < 4.78 is 0. The van der Waals surface area contributed by atoms with Gasteiger partial charge in [-0.15, -0.1) is 24.8 Å². The second kappa shape index (κ2) is 9.75. The molecule has 0 unspecified atom stereocenters. The van der Waals surface area contributed by atoms with Gasteiger partial charge in [-0.25, -0.2) is 0 Å². The van der Waals surface area contributed by atoms with Crippen molar-refractivity contribution in [3.8, 4) is 0 Å². The maximum Gasteiger partial charge on any atom is 0.241 e. The number of carbonyl (C=O) groups excluding carboxylic acids is 1. The Labute approximate surface area is 179 Å². The van der Waals surface area contributed by atoms with E-state index >= 15 is 0 Å². The second-order valence-corrected chi connectivity index (χ2v) is 7.50. The van der Waals surface area contributed by atoms with E-state index in [0.29, 0.717) is 0 Å². The normalized spacial score (nSPS) is 18.9. The molecule has 152 valence electrons. The van der Waals surface area contributed by atoms with Gasteiger partial charge < -0.3 is 10.6 Å². The third-order valence-electron chi connectivity index (χ3n) is 5.88. The Morgan fingerprint density at radius 3 is 2.07 bits per heavy atom. The lowest BCUT2D eigenvalue weighted by atomic mass is 9.90. The van der Waals surface area contributed by atoms with Crippen LogP contribution in [0.2, 0.25) is 0 Å². The van der Waals surface area contributed by atoms with E-state index < -0.39 is 5.54 Å². The van der Waals surface area contributed by atoms with Gasteiger partial charge in [0.2, 0.25) is 5.91 Å². The van der Waals surface area contributed by atoms with Crippen LogP contribution in [0, 0.1) is 0 Å². The fourth-order valence-electron chi connectivity index (χ4n) is 4.37. The molecule has 0 spiro atoms. The Hall–Kier alpha value is -1.59. The van der Waals surface area contributed by atoms with Crippen molar-refractivity contribution >= 4 is 30.7 Å². The third kappa shape index (κ3) is 4.36. The third-order valence-corrected chi connectivity index (χ3v) is 5.88. The van der Waals surface area contributed by atoms with Gasteiger partial charge in [0, 0.05) is 39.0 Å². The van der Waals surface area contributed by atoms with E-state index in [1.54, 1.807) is 0 Å². The molecule has 28 heavy (non-hydrogen) atoms. The molecule has 1 amide bonds. The van der Waals surface area contributed by atoms with Crippen LogP contribution in [0.5, 0.6) is 0 Å². The predicted octanol–water partition coefficient (Wildman–Crippen LogP) is 3.15. The van der Waals surface area contributed by atoms with Gasteiger partial charge in [0.1, 0.15) is 5.54 Å². The van der Waals surface area contributed by atoms with Crippen LogP contribution < -0.4 is 10.6 Å². The average Bonchev–Trinajstić information content (AvgIpc) is 3.10. The highest BCUT2D eigenvalue weighted by molar-refractivity contribution is 5.88. The van der Waals surface area contributed by atoms with Crippen molar-refractivity contribution in [2.45, 2.75) is 31.3 Å². The number of nitrogens with zero attached hydrogens (tertiary/aromatic N) is 1. The first-order valence-electron chi connectivity index (χ1n) is 9.57. The van der Waals surface area contributed by atoms with Gasteiger partial charge in [0.25, 0.3) is 0 Å². The van der Waals surface area contributed by atoms with E-state index in [1.165, 1.54) is 11.1 Å². The summed E-state index contributed by atoms with van der Waals surface area (Å²) in [6.07, 6.45) is 1.60. The zero-order valence-electron chi connectivity index (χ0n) is 16.2. The SMILES string of the molecule is C[C@@H](NC(=O)C1(N2CCNCC2)Cc2ccccc2C1)c1ccccc1.Cl.Cl. The Morgan fingerprint density at radius 2 is 1.50 bits per heavy atom. The Bertz CT molecular complexity index is 753. The summed E-state index contributed by atoms with van der Waals surface area (Å²) in [6, 6.07) is 18.7. The molecule has 1 fully saturated rings. The molecule has 2 N–H and O–H groups in total. The number of benzene rings is 2. The number of carbonyl (C=O) groups is 1. The maximum atomic E-state index is 13.5. The number of fused-ring (bicyclic) bond motifs is 1. The summed E-state index contributed by atoms with van der Waals surface area (Å²) in [7, 11) is 0. The molecule has 0 bridgehead atoms. The number of hydrogen-bond acceptors (Lipinski definition) is 3. The van der Waals surface area contributed by atoms with E-state index in [0.717, 1.165) is 44.6 Å². The molecule has 2 aromatic carbocycles. The first kappa shape index (κ1) is 22.7. The first-order valence-corrected chi connectivity index (χ1v) is 9.57. The molecule has 0 aromatic heterocycles. The topological polar surface area (TPSA) is 44.4 Å². The molecule has 0 radical (unpaired) electrons. The smallest absolute Gasteiger partial charge is 0.241 e. The maximum absolute atomic E-state index is 13.5. The van der Waals surface area contributed by atoms with Gasteiger partial charge in [0.15, 0.2) is 0 Å². The molecular weight excluding hydrogens is 393 g/mol. The van der Waals surface area contributed by atoms with Gasteiger partial charge in [-0.3, -0.25) is 9.69 Å². The second-order valence-electron chi connectivity index (χ2n) is 7.50. The zero-order chi connectivity index (χ0) is 18.0. The van der Waals surface area contributed by atoms with Crippen molar-refractivity contribution in [3.63, 3.8) is 0 Å². The van der Waals surface area contributed by atoms with Crippen molar-refractivity contribution in [3.05, 3.63) is 71.3 Å². The number of rotatable bonds is 4. The lowest BCUT2D eigenvalue weighted by Gasteiger charge is -2.42. The van der Waals surface area contributed by atoms with Crippen LogP contribution in [0.4, 0.5) is 0 Å². The number of halogens is 2. The molecule has 6 heteroatoms. The number of nitrogens with one attached hydrogen (secondary N) is 2. The van der Waals surface area contributed by atoms with Crippen LogP contribution in [0.25, 0.3) is 0 Å². The van der Waals surface area contributed by atoms with Gasteiger partial charge >= 0.3 is 0 Å². The van der Waals surface area contributed by atoms with Crippen molar-refractivity contribution < 1.29 is 4.79 Å². The summed E-state index contributed by atoms with van der Waals surface area (Å²) in [5, 5.41) is 6.72. The molecule has 1 aliphatic heterocycles. The minimum atomic E-state index is -0.463. The highest BCUT2D eigenvalue weighted by Crippen LogP contribution is 2.35. The first-order chi connectivity index (χ1) is 12.7. The minimum absolute atomic E-state index is 0. The van der Waals surface area contributed by atoms with Crippen LogP contribution in [0.3, 0.4) is 0 Å². The van der Waals surface area contributed by atoms with Crippen LogP contribution in [0.15, 0.2) is 54.6 Å². The summed E-state index contributed by atoms with van der Waals surface area (Å²) in [6.45, 7) is 5.79. The van der Waals surface area contributed by atoms with Crippen LogP contribution in [0.1, 0.15) is 29.7 Å². The summed E-state index contributed by atoms with van der Waals surface area (Å²) in [5.74, 6) is 0.159. The largest absolute Gasteiger partial charge is 0.348 e. The molecule has 4 nitrogen and oxygen atoms in total. The average molecular weight is 422 g/mol. The number of piperazine rings is 1. The lowest BCUT2D eigenvalue weighted by Crippen LogP contribution is -2.64. The van der Waals surface area contributed by atoms with E-state index in [1.807, 2.05) is 18.2 Å². The van der Waals surface area contributed by atoms with Crippen molar-refractivity contribution in [2.75, 3.05) is 26.2 Å². The molecule has 2 aliphatic rings. The fraction of sp³-hybridized carbons (Fsp3) is 0.409. The van der Waals surface area contributed by atoms with Gasteiger partial charge in [0.05, 0.1) is 6.04 Å². The van der Waals surface area contributed by atoms with Crippen LogP contribution >= 0.6 is 24.8 Å². The van der Waals surface area contributed by atoms with Gasteiger partial charge in [-0.2, -0.15) is 0 Å². The van der Waals surface area contributed by atoms with Crippen molar-refractivity contribution in [1.82, 2.24) is 15.5 Å². The molecule has 0 saturated carbocycles. The summed E-state index contributed by atoms with van der Waals surface area (Å²) in [5.41, 5.74) is 3.31. The molecule has 1 heterocycles. The summed E-state index contributed by atoms with van der Waals surface area (Å²) >= 11 is 0. The summed E-state index contributed by atoms with van der Waals surface area (Å²) in [4.78, 5) is 15.9. The molecule has 1 atom stereocenters. The highest BCUT2D eigenvalue weighted by atomic mass is 35.5. The molecule has 1 aliphatic carbocycles. The van der Waals surface area contributed by atoms with E-state index in [9.17, 15) is 4.79 Å². The van der Waals surface area contributed by atoms with E-state index in [-0.39, 0.29) is 36.8 Å². The monoisotopic (exact) mass is 421 g/mol. The number of amides is 1. The minimum Gasteiger partial charge on any atom is -0.348 e. The highest BCUT2D eigenvalue weighted by Gasteiger charge is 2.48. The standard InChI is InChI=1S/C22H27N3O.2ClH/c1-17(18-7-3-2-4-8-18)24-21(26)22(25-13-11-23-12-14-25)15-19-9-5-6-10-20(19)16-22;;/h2-10,17,23H,11-16H2,1H3,(H,24,26);2*1H/t17-;;/m1../s1. The molecule has 4 rings (SSSR count). The van der Waals surface area contributed by atoms with Crippen molar-refractivity contribution in [1.29, 1.82) is 0 Å². The Morgan fingerprint density at radius 1 is 0.964 bits per heavy atom. The molecule has 2 aromatic rings. The van der Waals surface area contributed by atoms with Crippen LogP contribution in [-0.4, -0.2) is 42.5 Å². The Kier molecular flexibility index (Phi) is 7.90. The Balaban J connectivity index is 0.00000140. The number of hydrogen-bond donors (Lipinski definition) is 2. The van der Waals surface area contributed by atoms with Crippen LogP contribution in [-0.2, 0) is 17.6 Å². The lowest BCUT2D eigenvalue weighted by molar-refractivity contribution is -0.134. The fourth-order valence-corrected chi connectivity index (χ4v) is 4.37.